The maximum atomic E-state index is 13.2. The van der Waals surface area contributed by atoms with Crippen molar-refractivity contribution < 1.29 is 4.39 Å². The number of halogens is 1. The van der Waals surface area contributed by atoms with Crippen molar-refractivity contribution in [1.29, 1.82) is 0 Å². The van der Waals surface area contributed by atoms with Crippen LogP contribution in [0.15, 0.2) is 35.4 Å². The van der Waals surface area contributed by atoms with Gasteiger partial charge in [-0.15, -0.1) is 0 Å². The SMILES string of the molecule is CC1CC(CCN/C=C(\N)CCN(C)C)=CC=C1F. The van der Waals surface area contributed by atoms with Crippen LogP contribution in [0.2, 0.25) is 0 Å². The minimum atomic E-state index is -0.00969. The van der Waals surface area contributed by atoms with E-state index in [4.69, 9.17) is 5.73 Å². The van der Waals surface area contributed by atoms with Crippen molar-refractivity contribution >= 4 is 0 Å². The van der Waals surface area contributed by atoms with E-state index in [1.807, 2.05) is 33.3 Å². The summed E-state index contributed by atoms with van der Waals surface area (Å²) in [7, 11) is 4.06. The molecule has 19 heavy (non-hydrogen) atoms. The summed E-state index contributed by atoms with van der Waals surface area (Å²) in [5, 5.41) is 3.22. The fourth-order valence-electron chi connectivity index (χ4n) is 1.97. The van der Waals surface area contributed by atoms with E-state index in [9.17, 15) is 4.39 Å². The van der Waals surface area contributed by atoms with Gasteiger partial charge in [-0.2, -0.15) is 0 Å². The highest BCUT2D eigenvalue weighted by Crippen LogP contribution is 2.26. The summed E-state index contributed by atoms with van der Waals surface area (Å²) in [6, 6.07) is 0. The zero-order valence-electron chi connectivity index (χ0n) is 12.2. The topological polar surface area (TPSA) is 41.3 Å². The van der Waals surface area contributed by atoms with Crippen LogP contribution in [-0.2, 0) is 0 Å². The van der Waals surface area contributed by atoms with Crippen molar-refractivity contribution in [2.24, 2.45) is 11.7 Å². The van der Waals surface area contributed by atoms with Gasteiger partial charge in [-0.1, -0.05) is 18.6 Å². The third kappa shape index (κ3) is 6.43. The molecular formula is C15H26FN3. The summed E-state index contributed by atoms with van der Waals surface area (Å²) >= 11 is 0. The summed E-state index contributed by atoms with van der Waals surface area (Å²) in [4.78, 5) is 2.11. The Morgan fingerprint density at radius 2 is 2.26 bits per heavy atom. The van der Waals surface area contributed by atoms with Gasteiger partial charge >= 0.3 is 0 Å². The Bertz CT molecular complexity index is 370. The Kier molecular flexibility index (Phi) is 6.64. The number of hydrogen-bond donors (Lipinski definition) is 2. The van der Waals surface area contributed by atoms with Crippen LogP contribution in [0.5, 0.6) is 0 Å². The highest BCUT2D eigenvalue weighted by atomic mass is 19.1. The van der Waals surface area contributed by atoms with Gasteiger partial charge in [-0.25, -0.2) is 4.39 Å². The van der Waals surface area contributed by atoms with Crippen LogP contribution in [0.3, 0.4) is 0 Å². The molecule has 0 aromatic rings. The van der Waals surface area contributed by atoms with E-state index in [0.717, 1.165) is 38.0 Å². The minimum absolute atomic E-state index is 0.00969. The third-order valence-corrected chi connectivity index (χ3v) is 3.24. The molecule has 0 aliphatic heterocycles. The highest BCUT2D eigenvalue weighted by Gasteiger charge is 2.13. The number of rotatable bonds is 7. The molecule has 0 bridgehead atoms. The van der Waals surface area contributed by atoms with Crippen molar-refractivity contribution in [1.82, 2.24) is 10.2 Å². The molecule has 1 rings (SSSR count). The molecule has 0 saturated heterocycles. The molecule has 0 fully saturated rings. The van der Waals surface area contributed by atoms with Gasteiger partial charge in [-0.3, -0.25) is 0 Å². The molecule has 1 aliphatic carbocycles. The van der Waals surface area contributed by atoms with E-state index in [0.29, 0.717) is 0 Å². The largest absolute Gasteiger partial charge is 0.401 e. The number of hydrogen-bond acceptors (Lipinski definition) is 3. The second-order valence-corrected chi connectivity index (χ2v) is 5.46. The van der Waals surface area contributed by atoms with Gasteiger partial charge in [0.25, 0.3) is 0 Å². The van der Waals surface area contributed by atoms with Gasteiger partial charge in [0.05, 0.1) is 0 Å². The summed E-state index contributed by atoms with van der Waals surface area (Å²) in [6.07, 6.45) is 8.00. The fraction of sp³-hybridized carbons (Fsp3) is 0.600. The van der Waals surface area contributed by atoms with Crippen LogP contribution in [0.25, 0.3) is 0 Å². The lowest BCUT2D eigenvalue weighted by atomic mass is 9.93. The lowest BCUT2D eigenvalue weighted by Crippen LogP contribution is -2.18. The first kappa shape index (κ1) is 15.8. The first-order valence-corrected chi connectivity index (χ1v) is 6.86. The predicted octanol–water partition coefficient (Wildman–Crippen LogP) is 2.54. The molecule has 0 heterocycles. The molecule has 0 spiro atoms. The van der Waals surface area contributed by atoms with E-state index < -0.39 is 0 Å². The van der Waals surface area contributed by atoms with Crippen molar-refractivity contribution in [2.75, 3.05) is 27.2 Å². The van der Waals surface area contributed by atoms with Crippen LogP contribution in [0, 0.1) is 5.92 Å². The monoisotopic (exact) mass is 267 g/mol. The van der Waals surface area contributed by atoms with Gasteiger partial charge in [-0.05, 0) is 33.0 Å². The van der Waals surface area contributed by atoms with Crippen molar-refractivity contribution in [2.45, 2.75) is 26.2 Å². The van der Waals surface area contributed by atoms with Crippen LogP contribution in [0.4, 0.5) is 4.39 Å². The summed E-state index contributed by atoms with van der Waals surface area (Å²) < 4.78 is 13.2. The Morgan fingerprint density at radius 1 is 1.53 bits per heavy atom. The summed E-state index contributed by atoms with van der Waals surface area (Å²) in [5.41, 5.74) is 8.04. The first-order chi connectivity index (χ1) is 8.99. The van der Waals surface area contributed by atoms with Gasteiger partial charge < -0.3 is 16.0 Å². The minimum Gasteiger partial charge on any atom is -0.401 e. The van der Waals surface area contributed by atoms with Crippen molar-refractivity contribution in [3.63, 3.8) is 0 Å². The molecule has 0 aromatic heterocycles. The molecule has 4 heteroatoms. The Hall–Kier alpha value is -1.29. The Balaban J connectivity index is 2.22. The maximum absolute atomic E-state index is 13.2. The molecule has 108 valence electrons. The van der Waals surface area contributed by atoms with Crippen LogP contribution >= 0.6 is 0 Å². The lowest BCUT2D eigenvalue weighted by molar-refractivity contribution is 0.412. The molecule has 3 N–H and O–H groups in total. The predicted molar refractivity (Wildman–Crippen MR) is 79.1 cm³/mol. The highest BCUT2D eigenvalue weighted by molar-refractivity contribution is 5.22. The van der Waals surface area contributed by atoms with E-state index in [2.05, 4.69) is 10.2 Å². The molecule has 0 saturated carbocycles. The zero-order valence-corrected chi connectivity index (χ0v) is 12.2. The molecule has 1 atom stereocenters. The number of allylic oxidation sites excluding steroid dienone is 3. The average molecular weight is 267 g/mol. The van der Waals surface area contributed by atoms with Crippen LogP contribution in [0.1, 0.15) is 26.2 Å². The summed E-state index contributed by atoms with van der Waals surface area (Å²) in [5.74, 6) is 0.0187. The molecule has 1 aliphatic rings. The molecule has 0 amide bonds. The smallest absolute Gasteiger partial charge is 0.103 e. The van der Waals surface area contributed by atoms with E-state index in [1.165, 1.54) is 5.57 Å². The molecule has 3 nitrogen and oxygen atoms in total. The van der Waals surface area contributed by atoms with Gasteiger partial charge in [0, 0.05) is 37.3 Å². The summed E-state index contributed by atoms with van der Waals surface area (Å²) in [6.45, 7) is 3.72. The number of nitrogens with one attached hydrogen (secondary N) is 1. The van der Waals surface area contributed by atoms with E-state index in [-0.39, 0.29) is 11.7 Å². The van der Waals surface area contributed by atoms with Crippen LogP contribution in [-0.4, -0.2) is 32.1 Å². The first-order valence-electron chi connectivity index (χ1n) is 6.86. The Labute approximate surface area is 116 Å². The zero-order chi connectivity index (χ0) is 14.3. The average Bonchev–Trinajstić information content (AvgIpc) is 2.36. The normalized spacial score (nSPS) is 20.3. The van der Waals surface area contributed by atoms with Crippen molar-refractivity contribution in [3.05, 3.63) is 35.4 Å². The Morgan fingerprint density at radius 3 is 2.89 bits per heavy atom. The third-order valence-electron chi connectivity index (χ3n) is 3.24. The van der Waals surface area contributed by atoms with Crippen LogP contribution < -0.4 is 11.1 Å². The standard InChI is InChI=1S/C15H26FN3/c1-12-10-13(4-5-15(12)16)6-8-18-11-14(17)7-9-19(2)3/h4-5,11-12,18H,6-10,17H2,1-3H3/b14-11-. The molecule has 0 radical (unpaired) electrons. The van der Waals surface area contributed by atoms with E-state index >= 15 is 0 Å². The second-order valence-electron chi connectivity index (χ2n) is 5.46. The van der Waals surface area contributed by atoms with Crippen molar-refractivity contribution in [3.8, 4) is 0 Å². The van der Waals surface area contributed by atoms with Gasteiger partial charge in [0.2, 0.25) is 0 Å². The second kappa shape index (κ2) is 8.00. The van der Waals surface area contributed by atoms with E-state index in [1.54, 1.807) is 6.08 Å². The number of nitrogens with two attached hydrogens (primary N) is 1. The quantitative estimate of drug-likeness (QED) is 0.697. The molecular weight excluding hydrogens is 241 g/mol. The molecule has 1 unspecified atom stereocenters. The fourth-order valence-corrected chi connectivity index (χ4v) is 1.97. The number of nitrogens with zero attached hydrogens (tertiary/aromatic N) is 1. The lowest BCUT2D eigenvalue weighted by Gasteiger charge is -2.16. The maximum Gasteiger partial charge on any atom is 0.103 e. The van der Waals surface area contributed by atoms with Gasteiger partial charge in [0.15, 0.2) is 0 Å². The molecule has 0 aromatic carbocycles. The van der Waals surface area contributed by atoms with Gasteiger partial charge in [0.1, 0.15) is 5.83 Å².